The second-order valence-electron chi connectivity index (χ2n) is 6.98. The lowest BCUT2D eigenvalue weighted by Gasteiger charge is -2.20. The molecule has 0 aliphatic carbocycles. The Balaban J connectivity index is 1.76. The Kier molecular flexibility index (Phi) is 5.26. The minimum atomic E-state index is -0.189. The molecule has 30 heavy (non-hydrogen) atoms. The average Bonchev–Trinajstić information content (AvgIpc) is 3.10. The Labute approximate surface area is 175 Å². The van der Waals surface area contributed by atoms with Gasteiger partial charge < -0.3 is 4.90 Å². The highest BCUT2D eigenvalue weighted by atomic mass is 16.2. The van der Waals surface area contributed by atoms with Crippen LogP contribution in [-0.2, 0) is 9.59 Å². The molecule has 3 aromatic rings. The number of carbonyl (C=O) groups excluding carboxylic acids is 2. The minimum Gasteiger partial charge on any atom is -0.316 e. The fourth-order valence-corrected chi connectivity index (χ4v) is 3.25. The van der Waals surface area contributed by atoms with Crippen LogP contribution in [0.3, 0.4) is 0 Å². The first-order chi connectivity index (χ1) is 14.5. The van der Waals surface area contributed by atoms with Crippen molar-refractivity contribution in [1.82, 2.24) is 0 Å². The molecule has 0 bridgehead atoms. The summed E-state index contributed by atoms with van der Waals surface area (Å²) in [5.41, 5.74) is 3.60. The number of amidine groups is 1. The van der Waals surface area contributed by atoms with E-state index in [1.807, 2.05) is 84.9 Å². The van der Waals surface area contributed by atoms with Crippen molar-refractivity contribution in [1.29, 1.82) is 0 Å². The molecule has 5 nitrogen and oxygen atoms in total. The smallest absolute Gasteiger partial charge is 0.282 e. The average molecular weight is 395 g/mol. The Bertz CT molecular complexity index is 1130. The van der Waals surface area contributed by atoms with Crippen LogP contribution < -0.4 is 9.80 Å². The van der Waals surface area contributed by atoms with Crippen molar-refractivity contribution in [3.63, 3.8) is 0 Å². The normalized spacial score (nSPS) is 14.7. The van der Waals surface area contributed by atoms with E-state index < -0.39 is 0 Å². The highest BCUT2D eigenvalue weighted by Crippen LogP contribution is 2.29. The van der Waals surface area contributed by atoms with Crippen LogP contribution in [0.15, 0.2) is 95.6 Å². The number of rotatable bonds is 4. The van der Waals surface area contributed by atoms with E-state index in [2.05, 4.69) is 4.99 Å². The van der Waals surface area contributed by atoms with Crippen molar-refractivity contribution in [3.8, 4) is 0 Å². The van der Waals surface area contributed by atoms with E-state index in [1.54, 1.807) is 22.9 Å². The van der Waals surface area contributed by atoms with Gasteiger partial charge in [0.05, 0.1) is 5.69 Å². The summed E-state index contributed by atoms with van der Waals surface area (Å²) in [6.45, 7) is 1.51. The largest absolute Gasteiger partial charge is 0.316 e. The fourth-order valence-electron chi connectivity index (χ4n) is 3.25. The number of nitrogens with zero attached hydrogens (tertiary/aromatic N) is 3. The van der Waals surface area contributed by atoms with Crippen molar-refractivity contribution >= 4 is 35.1 Å². The van der Waals surface area contributed by atoms with E-state index in [9.17, 15) is 9.59 Å². The van der Waals surface area contributed by atoms with Gasteiger partial charge in [-0.2, -0.15) is 0 Å². The third kappa shape index (κ3) is 3.78. The van der Waals surface area contributed by atoms with Crippen LogP contribution in [0.4, 0.5) is 11.4 Å². The van der Waals surface area contributed by atoms with Crippen molar-refractivity contribution in [3.05, 3.63) is 102 Å². The zero-order valence-electron chi connectivity index (χ0n) is 16.8. The highest BCUT2D eigenvalue weighted by Gasteiger charge is 2.32. The molecule has 0 spiro atoms. The van der Waals surface area contributed by atoms with Crippen LogP contribution in [0, 0.1) is 0 Å². The lowest BCUT2D eigenvalue weighted by atomic mass is 10.1. The van der Waals surface area contributed by atoms with Crippen LogP contribution in [0.1, 0.15) is 18.1 Å². The quantitative estimate of drug-likeness (QED) is 0.611. The number of hydrogen-bond donors (Lipinski definition) is 0. The molecule has 3 aromatic carbocycles. The summed E-state index contributed by atoms with van der Waals surface area (Å²) >= 11 is 0. The topological polar surface area (TPSA) is 53.0 Å². The van der Waals surface area contributed by atoms with Crippen molar-refractivity contribution in [2.75, 3.05) is 16.8 Å². The second kappa shape index (κ2) is 8.17. The van der Waals surface area contributed by atoms with Crippen molar-refractivity contribution in [2.24, 2.45) is 4.99 Å². The Hall–Kier alpha value is -3.99. The molecule has 1 heterocycles. The third-order valence-electron chi connectivity index (χ3n) is 4.96. The van der Waals surface area contributed by atoms with Gasteiger partial charge in [0.1, 0.15) is 11.5 Å². The maximum atomic E-state index is 13.3. The van der Waals surface area contributed by atoms with Gasteiger partial charge in [-0.05, 0) is 35.9 Å². The summed E-state index contributed by atoms with van der Waals surface area (Å²) in [6.07, 6.45) is 1.79. The first-order valence-electron chi connectivity index (χ1n) is 9.64. The molecule has 2 amide bonds. The van der Waals surface area contributed by atoms with Crippen LogP contribution in [-0.4, -0.2) is 24.7 Å². The summed E-state index contributed by atoms with van der Waals surface area (Å²) in [4.78, 5) is 32.8. The number of amides is 2. The molecule has 0 saturated heterocycles. The molecule has 1 aliphatic rings. The van der Waals surface area contributed by atoms with E-state index in [0.717, 1.165) is 16.8 Å². The van der Waals surface area contributed by atoms with Gasteiger partial charge in [0.25, 0.3) is 5.91 Å². The Morgan fingerprint density at radius 3 is 2.10 bits per heavy atom. The van der Waals surface area contributed by atoms with Gasteiger partial charge in [0.15, 0.2) is 0 Å². The van der Waals surface area contributed by atoms with Gasteiger partial charge >= 0.3 is 0 Å². The van der Waals surface area contributed by atoms with Crippen LogP contribution >= 0.6 is 0 Å². The summed E-state index contributed by atoms with van der Waals surface area (Å²) in [5.74, 6) is 0.334. The third-order valence-corrected chi connectivity index (χ3v) is 4.96. The van der Waals surface area contributed by atoms with E-state index in [4.69, 9.17) is 0 Å². The second-order valence-corrected chi connectivity index (χ2v) is 6.98. The first kappa shape index (κ1) is 19.3. The molecule has 0 aromatic heterocycles. The standard InChI is InChI=1S/C25H21N3O2/c1-18(29)27(2)21-13-15-22(16-14-21)28-24(20-11-7-4-8-12-20)26-23(25(28)30)17-19-9-5-3-6-10-19/h3-17H,1-2H3. The fraction of sp³-hybridized carbons (Fsp3) is 0.0800. The zero-order valence-corrected chi connectivity index (χ0v) is 16.8. The molecule has 1 aliphatic heterocycles. The van der Waals surface area contributed by atoms with Crippen LogP contribution in [0.25, 0.3) is 6.08 Å². The summed E-state index contributed by atoms with van der Waals surface area (Å²) < 4.78 is 0. The molecule has 4 rings (SSSR count). The molecule has 0 radical (unpaired) electrons. The van der Waals surface area contributed by atoms with Crippen LogP contribution in [0.2, 0.25) is 0 Å². The predicted octanol–water partition coefficient (Wildman–Crippen LogP) is 4.50. The van der Waals surface area contributed by atoms with Gasteiger partial charge in [0.2, 0.25) is 5.91 Å². The predicted molar refractivity (Wildman–Crippen MR) is 120 cm³/mol. The molecule has 5 heteroatoms. The number of anilines is 2. The zero-order chi connectivity index (χ0) is 21.1. The molecule has 148 valence electrons. The highest BCUT2D eigenvalue weighted by molar-refractivity contribution is 6.33. The first-order valence-corrected chi connectivity index (χ1v) is 9.64. The van der Waals surface area contributed by atoms with Gasteiger partial charge in [-0.25, -0.2) is 4.99 Å². The van der Waals surface area contributed by atoms with E-state index in [1.165, 1.54) is 6.92 Å². The van der Waals surface area contributed by atoms with Crippen LogP contribution in [0.5, 0.6) is 0 Å². The summed E-state index contributed by atoms with van der Waals surface area (Å²) in [6, 6.07) is 26.6. The molecule has 0 N–H and O–H groups in total. The van der Waals surface area contributed by atoms with Gasteiger partial charge in [-0.15, -0.1) is 0 Å². The SMILES string of the molecule is CC(=O)N(C)c1ccc(N2C(=O)C(=Cc3ccccc3)N=C2c2ccccc2)cc1. The van der Waals surface area contributed by atoms with E-state index in [-0.39, 0.29) is 11.8 Å². The van der Waals surface area contributed by atoms with E-state index >= 15 is 0 Å². The van der Waals surface area contributed by atoms with E-state index in [0.29, 0.717) is 17.2 Å². The Morgan fingerprint density at radius 2 is 1.50 bits per heavy atom. The van der Waals surface area contributed by atoms with Gasteiger partial charge in [-0.1, -0.05) is 60.7 Å². The molecule has 0 saturated carbocycles. The maximum absolute atomic E-state index is 13.3. The minimum absolute atomic E-state index is 0.0559. The maximum Gasteiger partial charge on any atom is 0.282 e. The Morgan fingerprint density at radius 1 is 0.900 bits per heavy atom. The molecular weight excluding hydrogens is 374 g/mol. The summed E-state index contributed by atoms with van der Waals surface area (Å²) in [5, 5.41) is 0. The molecule has 0 fully saturated rings. The number of benzene rings is 3. The van der Waals surface area contributed by atoms with Gasteiger partial charge in [0, 0.05) is 25.2 Å². The lowest BCUT2D eigenvalue weighted by molar-refractivity contribution is -0.116. The number of carbonyl (C=O) groups is 2. The summed E-state index contributed by atoms with van der Waals surface area (Å²) in [7, 11) is 1.72. The number of hydrogen-bond acceptors (Lipinski definition) is 3. The van der Waals surface area contributed by atoms with Gasteiger partial charge in [-0.3, -0.25) is 14.5 Å². The molecule has 0 unspecified atom stereocenters. The van der Waals surface area contributed by atoms with Crippen molar-refractivity contribution < 1.29 is 9.59 Å². The number of aliphatic imine (C=N–C) groups is 1. The monoisotopic (exact) mass is 395 g/mol. The molecular formula is C25H21N3O2. The lowest BCUT2D eigenvalue weighted by Crippen LogP contribution is -2.32. The van der Waals surface area contributed by atoms with Crippen molar-refractivity contribution in [2.45, 2.75) is 6.92 Å². The molecule has 0 atom stereocenters.